The molecule has 3 aromatic rings. The van der Waals surface area contributed by atoms with Gasteiger partial charge in [-0.3, -0.25) is 4.79 Å². The molecule has 3 rings (SSSR count). The first kappa shape index (κ1) is 25.8. The van der Waals surface area contributed by atoms with Crippen LogP contribution in [0, 0.1) is 18.3 Å². The molecule has 0 atom stereocenters. The average Bonchev–Trinajstić information content (AvgIpc) is 2.86. The highest BCUT2D eigenvalue weighted by Gasteiger charge is 2.18. The number of amides is 1. The number of hydrogen-bond acceptors (Lipinski definition) is 6. The summed E-state index contributed by atoms with van der Waals surface area (Å²) in [6, 6.07) is 16.7. The molecule has 0 saturated heterocycles. The number of nitrogens with zero attached hydrogens (tertiary/aromatic N) is 1. The Labute approximate surface area is 216 Å². The molecule has 0 aliphatic rings. The number of aryl methyl sites for hydroxylation is 1. The first-order valence-electron chi connectivity index (χ1n) is 10.2. The van der Waals surface area contributed by atoms with E-state index in [1.54, 1.807) is 61.5 Å². The summed E-state index contributed by atoms with van der Waals surface area (Å²) >= 11 is 9.55. The average molecular weight is 556 g/mol. The zero-order valence-electron chi connectivity index (χ0n) is 19.0. The van der Waals surface area contributed by atoms with Gasteiger partial charge < -0.3 is 19.5 Å². The third-order valence-electron chi connectivity index (χ3n) is 4.91. The van der Waals surface area contributed by atoms with Crippen LogP contribution in [0.4, 0.5) is 5.69 Å². The van der Waals surface area contributed by atoms with Gasteiger partial charge in [0.25, 0.3) is 5.91 Å². The minimum absolute atomic E-state index is 0.152. The topological polar surface area (TPSA) is 97.7 Å². The largest absolute Gasteiger partial charge is 0.497 e. The highest BCUT2D eigenvalue weighted by Crippen LogP contribution is 2.38. The van der Waals surface area contributed by atoms with Crippen LogP contribution in [0.15, 0.2) is 64.6 Å². The Kier molecular flexibility index (Phi) is 8.53. The van der Waals surface area contributed by atoms with Crippen LogP contribution in [0.2, 0.25) is 5.02 Å². The number of carbonyl (C=O) groups is 2. The van der Waals surface area contributed by atoms with Crippen molar-refractivity contribution in [3.05, 3.63) is 86.4 Å². The zero-order valence-corrected chi connectivity index (χ0v) is 21.4. The van der Waals surface area contributed by atoms with E-state index < -0.39 is 11.9 Å². The summed E-state index contributed by atoms with van der Waals surface area (Å²) < 4.78 is 16.4. The maximum absolute atomic E-state index is 12.7. The molecule has 0 heterocycles. The third kappa shape index (κ3) is 6.21. The van der Waals surface area contributed by atoms with Gasteiger partial charge in [-0.2, -0.15) is 5.26 Å². The summed E-state index contributed by atoms with van der Waals surface area (Å²) in [4.78, 5) is 25.3. The Morgan fingerprint density at radius 2 is 1.80 bits per heavy atom. The molecule has 0 saturated carbocycles. The van der Waals surface area contributed by atoms with Gasteiger partial charge in [-0.05, 0) is 82.5 Å². The molecule has 0 unspecified atom stereocenters. The fourth-order valence-electron chi connectivity index (χ4n) is 3.09. The van der Waals surface area contributed by atoms with Crippen molar-refractivity contribution in [2.75, 3.05) is 19.5 Å². The number of nitrogens with one attached hydrogen (secondary N) is 1. The van der Waals surface area contributed by atoms with Crippen molar-refractivity contribution in [1.29, 1.82) is 5.26 Å². The number of nitriles is 1. The number of benzene rings is 3. The highest BCUT2D eigenvalue weighted by molar-refractivity contribution is 9.10. The van der Waals surface area contributed by atoms with E-state index in [2.05, 4.69) is 21.2 Å². The number of ether oxygens (including phenoxy) is 3. The number of anilines is 1. The first-order valence-corrected chi connectivity index (χ1v) is 11.4. The quantitative estimate of drug-likeness (QED) is 0.161. The van der Waals surface area contributed by atoms with E-state index >= 15 is 0 Å². The number of para-hydroxylation sites is 1. The van der Waals surface area contributed by atoms with Crippen LogP contribution in [0.1, 0.15) is 21.5 Å². The molecule has 0 aliphatic carbocycles. The third-order valence-corrected chi connectivity index (χ3v) is 5.81. The Balaban J connectivity index is 1.87. The second-order valence-corrected chi connectivity index (χ2v) is 8.47. The molecule has 178 valence electrons. The van der Waals surface area contributed by atoms with Crippen LogP contribution in [0.3, 0.4) is 0 Å². The SMILES string of the molecule is COc1ccc(C(=O)Oc2c(Br)cc(/C=C(\C#N)C(=O)Nc3c(C)cccc3Cl)cc2OC)cc1. The maximum atomic E-state index is 12.7. The van der Waals surface area contributed by atoms with Gasteiger partial charge in [0.05, 0.1) is 35.0 Å². The number of halogens is 2. The van der Waals surface area contributed by atoms with Gasteiger partial charge in [0.1, 0.15) is 17.4 Å². The summed E-state index contributed by atoms with van der Waals surface area (Å²) in [6.45, 7) is 1.80. The lowest BCUT2D eigenvalue weighted by atomic mass is 10.1. The van der Waals surface area contributed by atoms with E-state index in [1.807, 2.05) is 6.07 Å². The van der Waals surface area contributed by atoms with Crippen molar-refractivity contribution < 1.29 is 23.8 Å². The van der Waals surface area contributed by atoms with Gasteiger partial charge in [0.15, 0.2) is 11.5 Å². The lowest BCUT2D eigenvalue weighted by Crippen LogP contribution is -2.14. The Morgan fingerprint density at radius 3 is 2.40 bits per heavy atom. The fraction of sp³-hybridized carbons (Fsp3) is 0.115. The van der Waals surface area contributed by atoms with Crippen molar-refractivity contribution in [3.63, 3.8) is 0 Å². The summed E-state index contributed by atoms with van der Waals surface area (Å²) in [7, 11) is 2.95. The predicted octanol–water partition coefficient (Wildman–Crippen LogP) is 6.19. The van der Waals surface area contributed by atoms with Crippen molar-refractivity contribution in [1.82, 2.24) is 0 Å². The van der Waals surface area contributed by atoms with Crippen LogP contribution in [-0.4, -0.2) is 26.1 Å². The number of esters is 1. The number of hydrogen-bond donors (Lipinski definition) is 1. The van der Waals surface area contributed by atoms with E-state index in [4.69, 9.17) is 25.8 Å². The number of carbonyl (C=O) groups excluding carboxylic acids is 2. The van der Waals surface area contributed by atoms with Crippen molar-refractivity contribution in [2.45, 2.75) is 6.92 Å². The Hall–Kier alpha value is -3.80. The normalized spacial score (nSPS) is 10.8. The second-order valence-electron chi connectivity index (χ2n) is 7.21. The van der Waals surface area contributed by atoms with Gasteiger partial charge >= 0.3 is 5.97 Å². The van der Waals surface area contributed by atoms with Crippen LogP contribution < -0.4 is 19.5 Å². The lowest BCUT2D eigenvalue weighted by molar-refractivity contribution is -0.112. The van der Waals surface area contributed by atoms with Gasteiger partial charge in [-0.25, -0.2) is 4.79 Å². The minimum Gasteiger partial charge on any atom is -0.497 e. The van der Waals surface area contributed by atoms with Gasteiger partial charge in [-0.1, -0.05) is 23.7 Å². The van der Waals surface area contributed by atoms with Gasteiger partial charge in [0, 0.05) is 0 Å². The molecule has 35 heavy (non-hydrogen) atoms. The monoisotopic (exact) mass is 554 g/mol. The second kappa shape index (κ2) is 11.6. The molecule has 0 radical (unpaired) electrons. The van der Waals surface area contributed by atoms with Crippen molar-refractivity contribution in [3.8, 4) is 23.3 Å². The van der Waals surface area contributed by atoms with E-state index in [0.29, 0.717) is 32.1 Å². The zero-order chi connectivity index (χ0) is 25.5. The maximum Gasteiger partial charge on any atom is 0.343 e. The minimum atomic E-state index is -0.617. The molecular formula is C26H20BrClN2O5. The fourth-order valence-corrected chi connectivity index (χ4v) is 3.90. The highest BCUT2D eigenvalue weighted by atomic mass is 79.9. The molecule has 0 aromatic heterocycles. The number of rotatable bonds is 7. The molecule has 0 fully saturated rings. The molecule has 0 bridgehead atoms. The number of methoxy groups -OCH3 is 2. The Morgan fingerprint density at radius 1 is 1.09 bits per heavy atom. The van der Waals surface area contributed by atoms with Gasteiger partial charge in [0.2, 0.25) is 0 Å². The summed E-state index contributed by atoms with van der Waals surface area (Å²) in [5, 5.41) is 12.6. The molecule has 0 aliphatic heterocycles. The van der Waals surface area contributed by atoms with Crippen molar-refractivity contribution in [2.24, 2.45) is 0 Å². The smallest absolute Gasteiger partial charge is 0.343 e. The molecule has 1 N–H and O–H groups in total. The van der Waals surface area contributed by atoms with Gasteiger partial charge in [-0.15, -0.1) is 0 Å². The molecule has 7 nitrogen and oxygen atoms in total. The molecule has 1 amide bonds. The van der Waals surface area contributed by atoms with Crippen molar-refractivity contribution >= 4 is 51.2 Å². The molecular weight excluding hydrogens is 536 g/mol. The van der Waals surface area contributed by atoms with E-state index in [1.165, 1.54) is 20.3 Å². The van der Waals surface area contributed by atoms with E-state index in [-0.39, 0.29) is 17.1 Å². The van der Waals surface area contributed by atoms with Crippen LogP contribution >= 0.6 is 27.5 Å². The van der Waals surface area contributed by atoms with Crippen LogP contribution in [0.25, 0.3) is 6.08 Å². The lowest BCUT2D eigenvalue weighted by Gasteiger charge is -2.13. The molecule has 3 aromatic carbocycles. The summed E-state index contributed by atoms with van der Waals surface area (Å²) in [5.41, 5.74) is 1.83. The molecule has 9 heteroatoms. The predicted molar refractivity (Wildman–Crippen MR) is 137 cm³/mol. The van der Waals surface area contributed by atoms with E-state index in [9.17, 15) is 14.9 Å². The standard InChI is InChI=1S/C26H20BrClN2O5/c1-15-5-4-6-21(28)23(15)30-25(31)18(14-29)11-16-12-20(27)24(22(13-16)34-3)35-26(32)17-7-9-19(33-2)10-8-17/h4-13H,1-3H3,(H,30,31)/b18-11+. The summed E-state index contributed by atoms with van der Waals surface area (Å²) in [6.07, 6.45) is 1.39. The summed E-state index contributed by atoms with van der Waals surface area (Å²) in [5.74, 6) is -0.221. The first-order chi connectivity index (χ1) is 16.8. The van der Waals surface area contributed by atoms with Crippen LogP contribution in [0.5, 0.6) is 17.2 Å². The van der Waals surface area contributed by atoms with E-state index in [0.717, 1.165) is 5.56 Å². The van der Waals surface area contributed by atoms with Crippen LogP contribution in [-0.2, 0) is 4.79 Å². The Bertz CT molecular complexity index is 1330. The molecule has 0 spiro atoms.